The second kappa shape index (κ2) is 31.2. The van der Waals surface area contributed by atoms with Crippen LogP contribution in [0.25, 0.3) is 0 Å². The van der Waals surface area contributed by atoms with Crippen LogP contribution >= 0.6 is 0 Å². The molecule has 4 aliphatic rings. The normalized spacial score (nSPS) is 27.2. The maximum Gasteiger partial charge on any atom is 0.306 e. The number of carbonyl (C=O) groups is 1. The number of hydrogen-bond acceptors (Lipinski definition) is 6. The average molecular weight is 898 g/mol. The summed E-state index contributed by atoms with van der Waals surface area (Å²) in [6.07, 6.45) is 41.1. The van der Waals surface area contributed by atoms with Crippen LogP contribution in [-0.2, 0) is 19.0 Å². The fraction of sp³-hybridized carbons (Fsp3) is 0.948. The Morgan fingerprint density at radius 2 is 1.31 bits per heavy atom. The van der Waals surface area contributed by atoms with Crippen LogP contribution in [-0.4, -0.2) is 67.8 Å². The minimum Gasteiger partial charge on any atom is -0.462 e. The van der Waals surface area contributed by atoms with Crippen LogP contribution < -0.4 is 0 Å². The molecule has 0 aromatic carbocycles. The largest absolute Gasteiger partial charge is 0.462 e. The van der Waals surface area contributed by atoms with E-state index in [0.29, 0.717) is 17.3 Å². The van der Waals surface area contributed by atoms with Crippen LogP contribution in [0.15, 0.2) is 11.6 Å². The average Bonchev–Trinajstić information content (AvgIpc) is 3.64. The first kappa shape index (κ1) is 55.6. The number of aliphatic hydroxyl groups excluding tert-OH is 1. The van der Waals surface area contributed by atoms with E-state index in [9.17, 15) is 9.90 Å². The first-order valence-corrected chi connectivity index (χ1v) is 28.5. The van der Waals surface area contributed by atoms with Crippen LogP contribution in [0.5, 0.6) is 0 Å². The molecular formula is C58H107NO5. The van der Waals surface area contributed by atoms with Gasteiger partial charge in [0, 0.05) is 32.7 Å². The molecule has 0 radical (unpaired) electrons. The van der Waals surface area contributed by atoms with Gasteiger partial charge in [-0.05, 0) is 169 Å². The zero-order valence-corrected chi connectivity index (χ0v) is 43.6. The van der Waals surface area contributed by atoms with Gasteiger partial charge >= 0.3 is 5.97 Å². The number of unbranched alkanes of at least 4 members (excludes halogenated alkanes) is 14. The Balaban J connectivity index is 1.11. The van der Waals surface area contributed by atoms with Gasteiger partial charge in [-0.3, -0.25) is 4.79 Å². The third kappa shape index (κ3) is 18.5. The lowest BCUT2D eigenvalue weighted by molar-refractivity contribution is -0.151. The summed E-state index contributed by atoms with van der Waals surface area (Å²) in [7, 11) is 0. The predicted octanol–water partition coefficient (Wildman–Crippen LogP) is 15.8. The lowest BCUT2D eigenvalue weighted by atomic mass is 9.47. The highest BCUT2D eigenvalue weighted by molar-refractivity contribution is 5.69. The van der Waals surface area contributed by atoms with Gasteiger partial charge in [-0.2, -0.15) is 0 Å². The van der Waals surface area contributed by atoms with Crippen LogP contribution in [0.1, 0.15) is 254 Å². The smallest absolute Gasteiger partial charge is 0.306 e. The van der Waals surface area contributed by atoms with Crippen LogP contribution in [0, 0.1) is 46.3 Å². The summed E-state index contributed by atoms with van der Waals surface area (Å²) in [5.74, 6) is 5.15. The molecule has 374 valence electrons. The Morgan fingerprint density at radius 1 is 0.688 bits per heavy atom. The van der Waals surface area contributed by atoms with Crippen molar-refractivity contribution in [1.82, 2.24) is 4.90 Å². The minimum atomic E-state index is -0.0442. The molecule has 8 atom stereocenters. The van der Waals surface area contributed by atoms with E-state index in [-0.39, 0.29) is 25.0 Å². The summed E-state index contributed by atoms with van der Waals surface area (Å²) in [6.45, 7) is 22.4. The fourth-order valence-corrected chi connectivity index (χ4v) is 13.6. The van der Waals surface area contributed by atoms with Gasteiger partial charge in [0.25, 0.3) is 0 Å². The molecule has 0 spiro atoms. The lowest BCUT2D eigenvalue weighted by Gasteiger charge is -2.58. The summed E-state index contributed by atoms with van der Waals surface area (Å²) in [4.78, 5) is 15.8. The highest BCUT2D eigenvalue weighted by Crippen LogP contribution is 2.67. The number of hydrogen-bond donors (Lipinski definition) is 1. The highest BCUT2D eigenvalue weighted by atomic mass is 16.7. The van der Waals surface area contributed by atoms with Gasteiger partial charge in [-0.25, -0.2) is 0 Å². The maximum atomic E-state index is 13.2. The first-order chi connectivity index (χ1) is 31.0. The van der Waals surface area contributed by atoms with E-state index in [1.807, 2.05) is 0 Å². The molecule has 0 aliphatic heterocycles. The summed E-state index contributed by atoms with van der Waals surface area (Å²) < 4.78 is 18.7. The van der Waals surface area contributed by atoms with Crippen molar-refractivity contribution in [3.8, 4) is 0 Å². The van der Waals surface area contributed by atoms with Crippen molar-refractivity contribution in [2.75, 3.05) is 39.5 Å². The number of ether oxygens (including phenoxy) is 3. The zero-order chi connectivity index (χ0) is 46.0. The van der Waals surface area contributed by atoms with Crippen LogP contribution in [0.3, 0.4) is 0 Å². The Hall–Kier alpha value is -0.950. The van der Waals surface area contributed by atoms with Crippen molar-refractivity contribution in [2.45, 2.75) is 266 Å². The van der Waals surface area contributed by atoms with Crippen LogP contribution in [0.2, 0.25) is 0 Å². The quantitative estimate of drug-likeness (QED) is 0.0290. The van der Waals surface area contributed by atoms with Gasteiger partial charge in [-0.1, -0.05) is 150 Å². The summed E-state index contributed by atoms with van der Waals surface area (Å²) in [5.41, 5.74) is 2.45. The summed E-state index contributed by atoms with van der Waals surface area (Å²) in [5, 5.41) is 9.44. The van der Waals surface area contributed by atoms with E-state index in [1.54, 1.807) is 5.57 Å². The topological polar surface area (TPSA) is 68.2 Å². The monoisotopic (exact) mass is 898 g/mol. The van der Waals surface area contributed by atoms with E-state index in [4.69, 9.17) is 14.2 Å². The summed E-state index contributed by atoms with van der Waals surface area (Å²) >= 11 is 0. The Morgan fingerprint density at radius 3 is 1.97 bits per heavy atom. The van der Waals surface area contributed by atoms with Gasteiger partial charge in [-0.15, -0.1) is 0 Å². The molecule has 6 nitrogen and oxygen atoms in total. The molecule has 6 heteroatoms. The Kier molecular flexibility index (Phi) is 27.2. The molecule has 8 unspecified atom stereocenters. The Labute approximate surface area is 397 Å². The molecule has 3 saturated carbocycles. The third-order valence-electron chi connectivity index (χ3n) is 17.6. The van der Waals surface area contributed by atoms with E-state index in [0.717, 1.165) is 139 Å². The molecule has 3 fully saturated rings. The number of aliphatic hydroxyl groups is 1. The second-order valence-corrected chi connectivity index (χ2v) is 22.9. The van der Waals surface area contributed by atoms with Crippen molar-refractivity contribution < 1.29 is 24.1 Å². The molecule has 4 rings (SSSR count). The molecular weight excluding hydrogens is 791 g/mol. The first-order valence-electron chi connectivity index (χ1n) is 28.5. The highest BCUT2D eigenvalue weighted by Gasteiger charge is 2.59. The molecule has 0 bridgehead atoms. The lowest BCUT2D eigenvalue weighted by Crippen LogP contribution is -2.51. The van der Waals surface area contributed by atoms with Gasteiger partial charge < -0.3 is 24.2 Å². The van der Waals surface area contributed by atoms with Crippen molar-refractivity contribution in [1.29, 1.82) is 0 Å². The van der Waals surface area contributed by atoms with Crippen molar-refractivity contribution in [3.63, 3.8) is 0 Å². The molecule has 64 heavy (non-hydrogen) atoms. The molecule has 0 aromatic rings. The zero-order valence-electron chi connectivity index (χ0n) is 43.6. The van der Waals surface area contributed by atoms with Gasteiger partial charge in [0.15, 0.2) is 6.29 Å². The molecule has 0 saturated heterocycles. The van der Waals surface area contributed by atoms with Gasteiger partial charge in [0.1, 0.15) is 6.10 Å². The van der Waals surface area contributed by atoms with Gasteiger partial charge in [0.2, 0.25) is 0 Å². The summed E-state index contributed by atoms with van der Waals surface area (Å²) in [6, 6.07) is 0. The van der Waals surface area contributed by atoms with Crippen LogP contribution in [0.4, 0.5) is 0 Å². The van der Waals surface area contributed by atoms with Gasteiger partial charge in [0.05, 0.1) is 0 Å². The molecule has 0 aromatic heterocycles. The third-order valence-corrected chi connectivity index (χ3v) is 17.6. The maximum absolute atomic E-state index is 13.2. The van der Waals surface area contributed by atoms with E-state index in [2.05, 4.69) is 59.4 Å². The number of fused-ring (bicyclic) bond motifs is 5. The minimum absolute atomic E-state index is 0.0209. The van der Waals surface area contributed by atoms with E-state index in [1.165, 1.54) is 128 Å². The molecule has 4 aliphatic carbocycles. The fourth-order valence-electron chi connectivity index (χ4n) is 13.6. The van der Waals surface area contributed by atoms with Crippen molar-refractivity contribution in [2.24, 2.45) is 46.3 Å². The van der Waals surface area contributed by atoms with Crippen molar-refractivity contribution >= 4 is 5.97 Å². The molecule has 0 heterocycles. The van der Waals surface area contributed by atoms with E-state index >= 15 is 0 Å². The number of carbonyl (C=O) groups excluding carboxylic acids is 1. The molecule has 1 N–H and O–H groups in total. The SMILES string of the molecule is CCCCCCCOC(CCCCCCN(CCCCO)CCCCCC(=O)OC1CCC2(C)C(=CCC3C2CCC2(C)C(C(C)CCCC(C)C)CCC32)C1)OCCCCCCC. The standard InChI is InChI=1S/C58H107NO5/c1-8-10-12-16-25-44-62-56(63-45-26-17-13-11-9-2)31-20-14-15-21-40-59(42-23-24-43-60)41-22-18-19-30-55(61)64-50-36-38-57(6)49(46-50)32-33-51-53-35-34-52(48(5)29-27-28-47(3)4)58(53,7)39-37-54(51)57/h32,47-48,50-54,56,60H,8-31,33-46H2,1-7H3. The van der Waals surface area contributed by atoms with E-state index < -0.39 is 0 Å². The second-order valence-electron chi connectivity index (χ2n) is 22.9. The number of esters is 1. The van der Waals surface area contributed by atoms with Crippen molar-refractivity contribution in [3.05, 3.63) is 11.6 Å². The molecule has 0 amide bonds. The Bertz CT molecular complexity index is 1240. The predicted molar refractivity (Wildman–Crippen MR) is 270 cm³/mol. The number of nitrogens with zero attached hydrogens (tertiary/aromatic N) is 1. The number of rotatable bonds is 37. The number of allylic oxidation sites excluding steroid dienone is 1.